The molecule has 1 amide bonds. The number of ether oxygens (including phenoxy) is 1. The minimum absolute atomic E-state index is 0.0382. The first-order valence-electron chi connectivity index (χ1n) is 13.1. The molecule has 2 heterocycles. The Morgan fingerprint density at radius 3 is 2.62 bits per heavy atom. The molecular formula is C30H36N2O5. The molecule has 0 saturated heterocycles. The largest absolute Gasteiger partial charge is 0.503 e. The number of Topliss-reactive ketones (excluding diaryl/α,β-unsaturated/α-hetero) is 1. The fourth-order valence-corrected chi connectivity index (χ4v) is 4.87. The summed E-state index contributed by atoms with van der Waals surface area (Å²) in [5.74, 6) is -0.791. The lowest BCUT2D eigenvalue weighted by atomic mass is 9.94. The smallest absolute Gasteiger partial charge is 0.290 e. The topological polar surface area (TPSA) is 83.2 Å². The number of furan rings is 1. The quantitative estimate of drug-likeness (QED) is 0.312. The number of nitrogens with zero attached hydrogens (tertiary/aromatic N) is 2. The molecule has 1 aliphatic rings. The van der Waals surface area contributed by atoms with Gasteiger partial charge >= 0.3 is 0 Å². The van der Waals surface area contributed by atoms with Crippen LogP contribution in [0.1, 0.15) is 61.3 Å². The Labute approximate surface area is 218 Å². The lowest BCUT2D eigenvalue weighted by Gasteiger charge is -2.28. The molecule has 7 nitrogen and oxygen atoms in total. The number of aliphatic hydroxyl groups is 1. The van der Waals surface area contributed by atoms with Gasteiger partial charge in [-0.3, -0.25) is 9.59 Å². The number of fused-ring (bicyclic) bond motifs is 1. The van der Waals surface area contributed by atoms with Crippen LogP contribution in [0.2, 0.25) is 0 Å². The van der Waals surface area contributed by atoms with Gasteiger partial charge in [-0.05, 0) is 75.3 Å². The molecule has 1 N–H and O–H groups in total. The van der Waals surface area contributed by atoms with Crippen molar-refractivity contribution in [1.29, 1.82) is 0 Å². The maximum atomic E-state index is 13.8. The summed E-state index contributed by atoms with van der Waals surface area (Å²) < 4.78 is 11.7. The van der Waals surface area contributed by atoms with Gasteiger partial charge in [-0.1, -0.05) is 44.5 Å². The lowest BCUT2D eigenvalue weighted by Crippen LogP contribution is -2.34. The molecule has 2 aromatic carbocycles. The molecule has 0 spiro atoms. The second-order valence-electron chi connectivity index (χ2n) is 9.45. The number of benzene rings is 2. The predicted molar refractivity (Wildman–Crippen MR) is 144 cm³/mol. The van der Waals surface area contributed by atoms with Crippen LogP contribution < -0.4 is 4.74 Å². The first kappa shape index (κ1) is 26.5. The third-order valence-electron chi connectivity index (χ3n) is 6.86. The van der Waals surface area contributed by atoms with Gasteiger partial charge in [0, 0.05) is 11.9 Å². The van der Waals surface area contributed by atoms with Crippen molar-refractivity contribution >= 4 is 22.7 Å². The zero-order chi connectivity index (χ0) is 26.5. The first-order valence-corrected chi connectivity index (χ1v) is 13.1. The van der Waals surface area contributed by atoms with Gasteiger partial charge < -0.3 is 24.1 Å². The molecule has 4 rings (SSSR count). The van der Waals surface area contributed by atoms with E-state index in [-0.39, 0.29) is 11.3 Å². The van der Waals surface area contributed by atoms with Crippen molar-refractivity contribution in [3.8, 4) is 5.75 Å². The van der Waals surface area contributed by atoms with Crippen LogP contribution in [0, 0.1) is 6.92 Å². The van der Waals surface area contributed by atoms with Gasteiger partial charge in [0.2, 0.25) is 5.78 Å². The summed E-state index contributed by atoms with van der Waals surface area (Å²) in [5.41, 5.74) is 2.38. The fraction of sp³-hybridized carbons (Fsp3) is 0.400. The van der Waals surface area contributed by atoms with Crippen molar-refractivity contribution in [1.82, 2.24) is 9.80 Å². The molecule has 0 bridgehead atoms. The van der Waals surface area contributed by atoms with Crippen molar-refractivity contribution in [3.63, 3.8) is 0 Å². The predicted octanol–water partition coefficient (Wildman–Crippen LogP) is 5.84. The van der Waals surface area contributed by atoms with Crippen molar-refractivity contribution in [3.05, 3.63) is 76.8 Å². The molecule has 0 fully saturated rings. The summed E-state index contributed by atoms with van der Waals surface area (Å²) in [6, 6.07) is 14.0. The van der Waals surface area contributed by atoms with Crippen LogP contribution in [0.15, 0.2) is 64.3 Å². The average Bonchev–Trinajstić information content (AvgIpc) is 3.43. The van der Waals surface area contributed by atoms with E-state index in [9.17, 15) is 14.7 Å². The van der Waals surface area contributed by atoms with Crippen LogP contribution in [0.25, 0.3) is 11.0 Å². The number of rotatable bonds is 12. The number of ketones is 1. The Morgan fingerprint density at radius 2 is 1.89 bits per heavy atom. The number of carbonyl (C=O) groups excluding carboxylic acids is 2. The molecule has 0 saturated carbocycles. The normalized spacial score (nSPS) is 15.9. The molecule has 3 aromatic rings. The van der Waals surface area contributed by atoms with E-state index in [4.69, 9.17) is 9.15 Å². The van der Waals surface area contributed by atoms with Gasteiger partial charge in [0.1, 0.15) is 11.3 Å². The average molecular weight is 505 g/mol. The van der Waals surface area contributed by atoms with Gasteiger partial charge in [-0.15, -0.1) is 0 Å². The molecule has 7 heteroatoms. The van der Waals surface area contributed by atoms with E-state index in [2.05, 4.69) is 18.7 Å². The number of carbonyl (C=O) groups is 2. The van der Waals surface area contributed by atoms with E-state index in [1.54, 1.807) is 11.0 Å². The Kier molecular flexibility index (Phi) is 8.34. The van der Waals surface area contributed by atoms with Crippen molar-refractivity contribution in [2.75, 3.05) is 32.8 Å². The molecule has 37 heavy (non-hydrogen) atoms. The zero-order valence-corrected chi connectivity index (χ0v) is 22.1. The van der Waals surface area contributed by atoms with Crippen LogP contribution in [0.3, 0.4) is 0 Å². The molecule has 196 valence electrons. The molecule has 0 radical (unpaired) electrons. The highest BCUT2D eigenvalue weighted by Crippen LogP contribution is 2.40. The number of hydrogen-bond acceptors (Lipinski definition) is 6. The van der Waals surface area contributed by atoms with Gasteiger partial charge in [-0.2, -0.15) is 0 Å². The van der Waals surface area contributed by atoms with E-state index in [1.807, 2.05) is 56.3 Å². The Balaban J connectivity index is 1.71. The Bertz CT molecular complexity index is 1300. The summed E-state index contributed by atoms with van der Waals surface area (Å²) in [6.45, 7) is 11.8. The van der Waals surface area contributed by atoms with E-state index in [1.165, 1.54) is 0 Å². The summed E-state index contributed by atoms with van der Waals surface area (Å²) >= 11 is 0. The number of aryl methyl sites for hydroxylation is 1. The molecule has 1 aliphatic heterocycles. The van der Waals surface area contributed by atoms with Crippen molar-refractivity contribution in [2.45, 2.75) is 46.6 Å². The van der Waals surface area contributed by atoms with E-state index >= 15 is 0 Å². The summed E-state index contributed by atoms with van der Waals surface area (Å²) in [7, 11) is 0. The van der Waals surface area contributed by atoms with Crippen LogP contribution >= 0.6 is 0 Å². The maximum Gasteiger partial charge on any atom is 0.290 e. The lowest BCUT2D eigenvalue weighted by molar-refractivity contribution is -0.129. The summed E-state index contributed by atoms with van der Waals surface area (Å²) in [4.78, 5) is 31.0. The minimum atomic E-state index is -0.739. The van der Waals surface area contributed by atoms with E-state index in [0.717, 1.165) is 37.0 Å². The fourth-order valence-electron chi connectivity index (χ4n) is 4.87. The maximum absolute atomic E-state index is 13.8. The van der Waals surface area contributed by atoms with Crippen molar-refractivity contribution < 1.29 is 23.8 Å². The van der Waals surface area contributed by atoms with Crippen molar-refractivity contribution in [2.24, 2.45) is 0 Å². The second-order valence-corrected chi connectivity index (χ2v) is 9.45. The summed E-state index contributed by atoms with van der Waals surface area (Å²) in [6.07, 6.45) is 1.58. The highest BCUT2D eigenvalue weighted by atomic mass is 16.5. The molecule has 1 atom stereocenters. The molecular weight excluding hydrogens is 468 g/mol. The molecule has 0 aliphatic carbocycles. The highest BCUT2D eigenvalue weighted by Gasteiger charge is 2.44. The zero-order valence-electron chi connectivity index (χ0n) is 22.1. The van der Waals surface area contributed by atoms with Gasteiger partial charge in [0.15, 0.2) is 11.5 Å². The number of amides is 1. The first-order chi connectivity index (χ1) is 17.9. The van der Waals surface area contributed by atoms with Crippen LogP contribution in [0.4, 0.5) is 0 Å². The Hall–Kier alpha value is -3.58. The van der Waals surface area contributed by atoms with Crippen LogP contribution in [0.5, 0.6) is 5.75 Å². The van der Waals surface area contributed by atoms with Gasteiger partial charge in [-0.25, -0.2) is 0 Å². The molecule has 1 unspecified atom stereocenters. The van der Waals surface area contributed by atoms with Gasteiger partial charge in [0.05, 0.1) is 18.2 Å². The van der Waals surface area contributed by atoms with Gasteiger partial charge in [0.25, 0.3) is 5.91 Å². The summed E-state index contributed by atoms with van der Waals surface area (Å²) in [5, 5.41) is 11.8. The highest BCUT2D eigenvalue weighted by molar-refractivity contribution is 6.16. The standard InChI is InChI=1S/C30H36N2O5/c1-5-16-36-23-11-8-10-21(18-23)27-26(28(33)25-19-22-17-20(4)12-13-24(22)37-25)29(34)30(35)32(27)15-9-14-31(6-2)7-3/h8,10-13,17-19,27,34H,5-7,9,14-16H2,1-4H3. The third-order valence-corrected chi connectivity index (χ3v) is 6.86. The number of aliphatic hydroxyl groups excluding tert-OH is 1. The third kappa shape index (κ3) is 5.57. The number of hydrogen-bond donors (Lipinski definition) is 1. The monoisotopic (exact) mass is 504 g/mol. The van der Waals surface area contributed by atoms with E-state index < -0.39 is 23.5 Å². The van der Waals surface area contributed by atoms with E-state index in [0.29, 0.717) is 36.5 Å². The SMILES string of the molecule is CCCOc1cccc(C2C(C(=O)c3cc4cc(C)ccc4o3)=C(O)C(=O)N2CCCN(CC)CC)c1. The second kappa shape index (κ2) is 11.6. The molecule has 1 aromatic heterocycles. The van der Waals surface area contributed by atoms with Crippen LogP contribution in [-0.2, 0) is 4.79 Å². The minimum Gasteiger partial charge on any atom is -0.503 e. The Morgan fingerprint density at radius 1 is 1.11 bits per heavy atom. The van der Waals surface area contributed by atoms with Crippen LogP contribution in [-0.4, -0.2) is 59.4 Å².